The second-order valence-electron chi connectivity index (χ2n) is 7.03. The van der Waals surface area contributed by atoms with Crippen LogP contribution in [0.2, 0.25) is 5.02 Å². The van der Waals surface area contributed by atoms with Crippen LogP contribution in [-0.2, 0) is 0 Å². The first-order valence-electron chi connectivity index (χ1n) is 9.13. The van der Waals surface area contributed by atoms with E-state index in [1.54, 1.807) is 6.07 Å². The topological polar surface area (TPSA) is 59.9 Å². The first-order valence-corrected chi connectivity index (χ1v) is 9.51. The van der Waals surface area contributed by atoms with E-state index in [9.17, 15) is 5.11 Å². The molecule has 0 bridgehead atoms. The molecule has 0 radical (unpaired) electrons. The minimum atomic E-state index is -0.711. The molecule has 0 spiro atoms. The standard InChI is InChI=1S/C19H31ClN4O.HI/c1-5-21-19(23-17-12-24(13(2)3)11-14(17)4)22-10-18(25)15-8-6-7-9-16(15)20;/h6-9,13-14,17-18,25H,5,10-12H2,1-4H3,(H2,21,22,23);1H. The zero-order chi connectivity index (χ0) is 18.4. The Morgan fingerprint density at radius 2 is 2.04 bits per heavy atom. The maximum atomic E-state index is 10.4. The average molecular weight is 495 g/mol. The molecular formula is C19H32ClIN4O. The lowest BCUT2D eigenvalue weighted by Gasteiger charge is -2.22. The molecule has 1 aliphatic rings. The van der Waals surface area contributed by atoms with Gasteiger partial charge in [-0.2, -0.15) is 0 Å². The van der Waals surface area contributed by atoms with E-state index in [-0.39, 0.29) is 30.5 Å². The molecule has 3 atom stereocenters. The summed E-state index contributed by atoms with van der Waals surface area (Å²) in [5, 5.41) is 17.8. The highest BCUT2D eigenvalue weighted by Gasteiger charge is 2.31. The van der Waals surface area contributed by atoms with E-state index in [0.717, 1.165) is 25.6 Å². The van der Waals surface area contributed by atoms with Gasteiger partial charge in [0.25, 0.3) is 0 Å². The number of aliphatic imine (C=N–C) groups is 1. The van der Waals surface area contributed by atoms with Crippen LogP contribution in [0.1, 0.15) is 39.4 Å². The van der Waals surface area contributed by atoms with Gasteiger partial charge in [-0.15, -0.1) is 24.0 Å². The van der Waals surface area contributed by atoms with Crippen molar-refractivity contribution in [1.29, 1.82) is 0 Å². The number of guanidine groups is 1. The Hall–Kier alpha value is -0.570. The van der Waals surface area contributed by atoms with E-state index in [1.807, 2.05) is 25.1 Å². The predicted octanol–water partition coefficient (Wildman–Crippen LogP) is 3.28. The monoisotopic (exact) mass is 494 g/mol. The maximum Gasteiger partial charge on any atom is 0.191 e. The number of benzene rings is 1. The highest BCUT2D eigenvalue weighted by molar-refractivity contribution is 14.0. The summed E-state index contributed by atoms with van der Waals surface area (Å²) >= 11 is 6.15. The molecule has 1 saturated heterocycles. The van der Waals surface area contributed by atoms with Crippen molar-refractivity contribution in [3.63, 3.8) is 0 Å². The third kappa shape index (κ3) is 6.55. The molecule has 1 fully saturated rings. The molecule has 7 heteroatoms. The van der Waals surface area contributed by atoms with E-state index in [1.165, 1.54) is 0 Å². The quantitative estimate of drug-likeness (QED) is 0.323. The van der Waals surface area contributed by atoms with E-state index in [4.69, 9.17) is 11.6 Å². The summed E-state index contributed by atoms with van der Waals surface area (Å²) in [6, 6.07) is 8.26. The Morgan fingerprint density at radius 3 is 2.62 bits per heavy atom. The second kappa shape index (κ2) is 11.3. The van der Waals surface area contributed by atoms with Crippen LogP contribution in [0, 0.1) is 5.92 Å². The van der Waals surface area contributed by atoms with E-state index in [2.05, 4.69) is 41.3 Å². The van der Waals surface area contributed by atoms with Crippen molar-refractivity contribution >= 4 is 41.5 Å². The minimum Gasteiger partial charge on any atom is -0.386 e. The molecule has 1 aromatic carbocycles. The number of rotatable bonds is 6. The first-order chi connectivity index (χ1) is 11.9. The van der Waals surface area contributed by atoms with Crippen LogP contribution in [0.25, 0.3) is 0 Å². The Bertz CT molecular complexity index is 584. The average Bonchev–Trinajstić information content (AvgIpc) is 2.94. The SMILES string of the molecule is CCNC(=NCC(O)c1ccccc1Cl)NC1CN(C(C)C)CC1C.I. The van der Waals surface area contributed by atoms with Crippen LogP contribution in [0.5, 0.6) is 0 Å². The fourth-order valence-electron chi connectivity index (χ4n) is 3.13. The van der Waals surface area contributed by atoms with E-state index >= 15 is 0 Å². The van der Waals surface area contributed by atoms with Crippen LogP contribution in [0.15, 0.2) is 29.3 Å². The molecule has 1 aliphatic heterocycles. The van der Waals surface area contributed by atoms with Crippen molar-refractivity contribution in [2.45, 2.75) is 45.9 Å². The largest absolute Gasteiger partial charge is 0.386 e. The van der Waals surface area contributed by atoms with Crippen LogP contribution in [0.3, 0.4) is 0 Å². The summed E-state index contributed by atoms with van der Waals surface area (Å²) < 4.78 is 0. The van der Waals surface area contributed by atoms with Gasteiger partial charge in [0.05, 0.1) is 6.54 Å². The smallest absolute Gasteiger partial charge is 0.191 e. The number of likely N-dealkylation sites (tertiary alicyclic amines) is 1. The van der Waals surface area contributed by atoms with Crippen molar-refractivity contribution in [3.05, 3.63) is 34.9 Å². The van der Waals surface area contributed by atoms with Gasteiger partial charge in [0, 0.05) is 42.3 Å². The third-order valence-corrected chi connectivity index (χ3v) is 5.07. The van der Waals surface area contributed by atoms with Crippen molar-refractivity contribution in [2.24, 2.45) is 10.9 Å². The van der Waals surface area contributed by atoms with Crippen LogP contribution < -0.4 is 10.6 Å². The first kappa shape index (κ1) is 23.5. The fraction of sp³-hybridized carbons (Fsp3) is 0.632. The molecule has 0 amide bonds. The Morgan fingerprint density at radius 1 is 1.35 bits per heavy atom. The molecule has 0 saturated carbocycles. The van der Waals surface area contributed by atoms with E-state index in [0.29, 0.717) is 28.6 Å². The van der Waals surface area contributed by atoms with Crippen LogP contribution >= 0.6 is 35.6 Å². The molecule has 148 valence electrons. The van der Waals surface area contributed by atoms with Crippen LogP contribution in [0.4, 0.5) is 0 Å². The van der Waals surface area contributed by atoms with Gasteiger partial charge in [-0.1, -0.05) is 36.7 Å². The van der Waals surface area contributed by atoms with Crippen molar-refractivity contribution in [1.82, 2.24) is 15.5 Å². The van der Waals surface area contributed by atoms with Gasteiger partial charge in [-0.05, 0) is 32.8 Å². The summed E-state index contributed by atoms with van der Waals surface area (Å²) in [5.74, 6) is 1.30. The van der Waals surface area contributed by atoms with Crippen molar-refractivity contribution in [3.8, 4) is 0 Å². The minimum absolute atomic E-state index is 0. The summed E-state index contributed by atoms with van der Waals surface area (Å²) in [5.41, 5.74) is 0.712. The summed E-state index contributed by atoms with van der Waals surface area (Å²) in [7, 11) is 0. The van der Waals surface area contributed by atoms with Gasteiger partial charge in [0.1, 0.15) is 6.10 Å². The lowest BCUT2D eigenvalue weighted by Crippen LogP contribution is -2.47. The summed E-state index contributed by atoms with van der Waals surface area (Å²) in [6.45, 7) is 11.9. The van der Waals surface area contributed by atoms with Gasteiger partial charge in [0.2, 0.25) is 0 Å². The van der Waals surface area contributed by atoms with Gasteiger partial charge < -0.3 is 15.7 Å². The second-order valence-corrected chi connectivity index (χ2v) is 7.44. The molecule has 26 heavy (non-hydrogen) atoms. The molecule has 1 aromatic rings. The van der Waals surface area contributed by atoms with Gasteiger partial charge in [-0.25, -0.2) is 0 Å². The lowest BCUT2D eigenvalue weighted by atomic mass is 10.1. The Labute approximate surface area is 179 Å². The fourth-order valence-corrected chi connectivity index (χ4v) is 3.39. The molecule has 1 heterocycles. The van der Waals surface area contributed by atoms with Gasteiger partial charge in [-0.3, -0.25) is 9.89 Å². The predicted molar refractivity (Wildman–Crippen MR) is 121 cm³/mol. The number of hydrogen-bond acceptors (Lipinski definition) is 3. The van der Waals surface area contributed by atoms with Gasteiger partial charge in [0.15, 0.2) is 5.96 Å². The Kier molecular flexibility index (Phi) is 10.2. The zero-order valence-corrected chi connectivity index (χ0v) is 19.2. The Balaban J connectivity index is 0.00000338. The molecule has 0 aromatic heterocycles. The van der Waals surface area contributed by atoms with E-state index < -0.39 is 6.10 Å². The lowest BCUT2D eigenvalue weighted by molar-refractivity contribution is 0.187. The maximum absolute atomic E-state index is 10.4. The van der Waals surface area contributed by atoms with Crippen LogP contribution in [-0.4, -0.2) is 54.2 Å². The summed E-state index contributed by atoms with van der Waals surface area (Å²) in [4.78, 5) is 7.04. The highest BCUT2D eigenvalue weighted by atomic mass is 127. The molecule has 5 nitrogen and oxygen atoms in total. The highest BCUT2D eigenvalue weighted by Crippen LogP contribution is 2.23. The number of aliphatic hydroxyl groups is 1. The molecule has 2 rings (SSSR count). The molecular weight excluding hydrogens is 463 g/mol. The van der Waals surface area contributed by atoms with Gasteiger partial charge >= 0.3 is 0 Å². The zero-order valence-electron chi connectivity index (χ0n) is 16.1. The molecule has 3 N–H and O–H groups in total. The third-order valence-electron chi connectivity index (χ3n) is 4.72. The van der Waals surface area contributed by atoms with Crippen molar-refractivity contribution in [2.75, 3.05) is 26.2 Å². The molecule has 3 unspecified atom stereocenters. The number of hydrogen-bond donors (Lipinski definition) is 3. The normalized spacial score (nSPS) is 22.2. The number of aliphatic hydroxyl groups excluding tert-OH is 1. The number of halogens is 2. The number of nitrogens with zero attached hydrogens (tertiary/aromatic N) is 2. The number of nitrogens with one attached hydrogen (secondary N) is 2. The molecule has 0 aliphatic carbocycles. The van der Waals surface area contributed by atoms with Crippen molar-refractivity contribution < 1.29 is 5.11 Å². The summed E-state index contributed by atoms with van der Waals surface area (Å²) in [6.07, 6.45) is -0.711.